The van der Waals surface area contributed by atoms with Gasteiger partial charge in [0, 0.05) is 35.5 Å². The summed E-state index contributed by atoms with van der Waals surface area (Å²) in [7, 11) is 0. The number of anilines is 1. The number of benzene rings is 1. The van der Waals surface area contributed by atoms with Crippen LogP contribution in [0.1, 0.15) is 12.5 Å². The summed E-state index contributed by atoms with van der Waals surface area (Å²) in [5, 5.41) is 4.14. The van der Waals surface area contributed by atoms with Crippen LogP contribution in [0.25, 0.3) is 0 Å². The van der Waals surface area contributed by atoms with Crippen LogP contribution in [0.3, 0.4) is 0 Å². The molecule has 0 aliphatic heterocycles. The Morgan fingerprint density at radius 3 is 2.84 bits per heavy atom. The molecule has 0 spiro atoms. The molecule has 0 saturated heterocycles. The van der Waals surface area contributed by atoms with Crippen molar-refractivity contribution in [3.8, 4) is 0 Å². The first-order chi connectivity index (χ1) is 9.11. The predicted octanol–water partition coefficient (Wildman–Crippen LogP) is 3.18. The highest BCUT2D eigenvalue weighted by Gasteiger charge is 2.05. The first-order valence-corrected chi connectivity index (χ1v) is 6.60. The highest BCUT2D eigenvalue weighted by molar-refractivity contribution is 6.35. The van der Waals surface area contributed by atoms with Gasteiger partial charge in [0.25, 0.3) is 5.56 Å². The summed E-state index contributed by atoms with van der Waals surface area (Å²) in [4.78, 5) is 16.0. The number of hydrogen-bond acceptors (Lipinski definition) is 3. The molecule has 0 unspecified atom stereocenters. The highest BCUT2D eigenvalue weighted by atomic mass is 35.5. The minimum atomic E-state index is -0.143. The molecule has 19 heavy (non-hydrogen) atoms. The summed E-state index contributed by atoms with van der Waals surface area (Å²) in [5.74, 6) is 0.315. The fourth-order valence-electron chi connectivity index (χ4n) is 1.66. The topological polar surface area (TPSA) is 46.9 Å². The van der Waals surface area contributed by atoms with E-state index in [2.05, 4.69) is 10.3 Å². The lowest BCUT2D eigenvalue weighted by atomic mass is 10.2. The van der Waals surface area contributed by atoms with Gasteiger partial charge < -0.3 is 9.88 Å². The maximum absolute atomic E-state index is 11.9. The van der Waals surface area contributed by atoms with Crippen LogP contribution >= 0.6 is 23.2 Å². The highest BCUT2D eigenvalue weighted by Crippen LogP contribution is 2.21. The monoisotopic (exact) mass is 297 g/mol. The standard InChI is InChI=1S/C13H13Cl2N3O/c1-2-18-6-5-16-12(13(18)19)17-8-9-3-4-10(14)7-11(9)15/h3-7H,2,8H2,1H3,(H,16,17). The molecule has 2 aromatic rings. The van der Waals surface area contributed by atoms with Gasteiger partial charge in [0.15, 0.2) is 5.82 Å². The van der Waals surface area contributed by atoms with Crippen LogP contribution in [0.4, 0.5) is 5.82 Å². The van der Waals surface area contributed by atoms with Crippen molar-refractivity contribution in [1.82, 2.24) is 9.55 Å². The second kappa shape index (κ2) is 6.08. The molecule has 0 radical (unpaired) electrons. The van der Waals surface area contributed by atoms with Crippen molar-refractivity contribution in [3.05, 3.63) is 56.6 Å². The van der Waals surface area contributed by atoms with Gasteiger partial charge in [0.05, 0.1) is 0 Å². The Bertz CT molecular complexity index is 640. The zero-order valence-electron chi connectivity index (χ0n) is 10.4. The molecule has 0 bridgehead atoms. The van der Waals surface area contributed by atoms with Crippen molar-refractivity contribution in [2.75, 3.05) is 5.32 Å². The van der Waals surface area contributed by atoms with Gasteiger partial charge in [-0.1, -0.05) is 29.3 Å². The molecule has 1 heterocycles. The van der Waals surface area contributed by atoms with Crippen LogP contribution in [0.15, 0.2) is 35.4 Å². The Morgan fingerprint density at radius 2 is 2.16 bits per heavy atom. The van der Waals surface area contributed by atoms with Gasteiger partial charge >= 0.3 is 0 Å². The van der Waals surface area contributed by atoms with Gasteiger partial charge in [-0.2, -0.15) is 0 Å². The Balaban J connectivity index is 2.17. The van der Waals surface area contributed by atoms with Crippen molar-refractivity contribution in [2.45, 2.75) is 20.0 Å². The van der Waals surface area contributed by atoms with E-state index in [4.69, 9.17) is 23.2 Å². The zero-order chi connectivity index (χ0) is 13.8. The smallest absolute Gasteiger partial charge is 0.293 e. The van der Waals surface area contributed by atoms with E-state index < -0.39 is 0 Å². The van der Waals surface area contributed by atoms with Gasteiger partial charge in [-0.3, -0.25) is 4.79 Å². The Morgan fingerprint density at radius 1 is 1.37 bits per heavy atom. The predicted molar refractivity (Wildman–Crippen MR) is 78.0 cm³/mol. The van der Waals surface area contributed by atoms with Crippen LogP contribution in [-0.2, 0) is 13.1 Å². The summed E-state index contributed by atoms with van der Waals surface area (Å²) < 4.78 is 1.58. The molecule has 100 valence electrons. The Labute approximate surface area is 121 Å². The van der Waals surface area contributed by atoms with Crippen LogP contribution in [0.2, 0.25) is 10.0 Å². The van der Waals surface area contributed by atoms with Gasteiger partial charge in [-0.25, -0.2) is 4.98 Å². The van der Waals surface area contributed by atoms with Gasteiger partial charge in [-0.15, -0.1) is 0 Å². The van der Waals surface area contributed by atoms with E-state index in [0.29, 0.717) is 29.0 Å². The number of hydrogen-bond donors (Lipinski definition) is 1. The fourth-order valence-corrected chi connectivity index (χ4v) is 2.14. The molecular formula is C13H13Cl2N3O. The molecule has 0 saturated carbocycles. The van der Waals surface area contributed by atoms with E-state index in [1.807, 2.05) is 13.0 Å². The molecule has 1 aromatic heterocycles. The summed E-state index contributed by atoms with van der Waals surface area (Å²) in [6.45, 7) is 2.94. The fraction of sp³-hybridized carbons (Fsp3) is 0.231. The number of aryl methyl sites for hydroxylation is 1. The summed E-state index contributed by atoms with van der Waals surface area (Å²) in [6.07, 6.45) is 3.25. The molecule has 1 N–H and O–H groups in total. The third-order valence-corrected chi connectivity index (χ3v) is 3.30. The number of rotatable bonds is 4. The first-order valence-electron chi connectivity index (χ1n) is 5.85. The minimum absolute atomic E-state index is 0.143. The average molecular weight is 298 g/mol. The van der Waals surface area contributed by atoms with Gasteiger partial charge in [-0.05, 0) is 24.6 Å². The SMILES string of the molecule is CCn1ccnc(NCc2ccc(Cl)cc2Cl)c1=O. The Kier molecular flexibility index (Phi) is 4.45. The van der Waals surface area contributed by atoms with E-state index in [-0.39, 0.29) is 5.56 Å². The molecule has 0 fully saturated rings. The normalized spacial score (nSPS) is 10.5. The van der Waals surface area contributed by atoms with Crippen LogP contribution in [0, 0.1) is 0 Å². The number of nitrogens with one attached hydrogen (secondary N) is 1. The minimum Gasteiger partial charge on any atom is -0.361 e. The quantitative estimate of drug-likeness (QED) is 0.943. The van der Waals surface area contributed by atoms with E-state index in [9.17, 15) is 4.79 Å². The largest absolute Gasteiger partial charge is 0.361 e. The van der Waals surface area contributed by atoms with Crippen molar-refractivity contribution in [3.63, 3.8) is 0 Å². The molecule has 2 rings (SSSR count). The van der Waals surface area contributed by atoms with E-state index in [1.165, 1.54) is 0 Å². The molecule has 0 aliphatic rings. The third kappa shape index (κ3) is 3.28. The number of halogens is 2. The van der Waals surface area contributed by atoms with Crippen LogP contribution in [-0.4, -0.2) is 9.55 Å². The second-order valence-corrected chi connectivity index (χ2v) is 4.80. The Hall–Kier alpha value is -1.52. The van der Waals surface area contributed by atoms with E-state index >= 15 is 0 Å². The lowest BCUT2D eigenvalue weighted by Gasteiger charge is -2.08. The van der Waals surface area contributed by atoms with Crippen molar-refractivity contribution in [1.29, 1.82) is 0 Å². The van der Waals surface area contributed by atoms with Gasteiger partial charge in [0.1, 0.15) is 0 Å². The lowest BCUT2D eigenvalue weighted by Crippen LogP contribution is -2.23. The molecule has 1 aromatic carbocycles. The molecule has 0 aliphatic carbocycles. The molecule has 6 heteroatoms. The summed E-state index contributed by atoms with van der Waals surface area (Å²) >= 11 is 11.9. The lowest BCUT2D eigenvalue weighted by molar-refractivity contribution is 0.718. The first kappa shape index (κ1) is 13.9. The zero-order valence-corrected chi connectivity index (χ0v) is 11.9. The van der Waals surface area contributed by atoms with Gasteiger partial charge in [0.2, 0.25) is 0 Å². The average Bonchev–Trinajstić information content (AvgIpc) is 2.39. The van der Waals surface area contributed by atoms with Crippen molar-refractivity contribution in [2.24, 2.45) is 0 Å². The van der Waals surface area contributed by atoms with Crippen molar-refractivity contribution < 1.29 is 0 Å². The van der Waals surface area contributed by atoms with Crippen molar-refractivity contribution >= 4 is 29.0 Å². The maximum Gasteiger partial charge on any atom is 0.293 e. The van der Waals surface area contributed by atoms with E-state index in [0.717, 1.165) is 5.56 Å². The van der Waals surface area contributed by atoms with E-state index in [1.54, 1.807) is 29.1 Å². The number of nitrogens with zero attached hydrogens (tertiary/aromatic N) is 2. The maximum atomic E-state index is 11.9. The van der Waals surface area contributed by atoms with Crippen LogP contribution < -0.4 is 10.9 Å². The summed E-state index contributed by atoms with van der Waals surface area (Å²) in [5.41, 5.74) is 0.717. The second-order valence-electron chi connectivity index (χ2n) is 3.96. The molecule has 0 atom stereocenters. The van der Waals surface area contributed by atoms with Crippen LogP contribution in [0.5, 0.6) is 0 Å². The summed E-state index contributed by atoms with van der Waals surface area (Å²) in [6, 6.07) is 5.25. The number of aromatic nitrogens is 2. The molecule has 0 amide bonds. The third-order valence-electron chi connectivity index (χ3n) is 2.72. The molecule has 4 nitrogen and oxygen atoms in total. The molecular weight excluding hydrogens is 285 g/mol.